The number of hydrogen-bond donors (Lipinski definition) is 1. The third kappa shape index (κ3) is 3.33. The summed E-state index contributed by atoms with van der Waals surface area (Å²) in [4.78, 5) is 15.1. The topological polar surface area (TPSA) is 41.6 Å². The number of fused-ring (bicyclic) bond motifs is 2. The van der Waals surface area contributed by atoms with Gasteiger partial charge in [-0.15, -0.1) is 0 Å². The Morgan fingerprint density at radius 1 is 1.05 bits per heavy atom. The van der Waals surface area contributed by atoms with E-state index in [1.807, 2.05) is 0 Å². The summed E-state index contributed by atoms with van der Waals surface area (Å²) in [6.07, 6.45) is 10.9. The van der Waals surface area contributed by atoms with Crippen LogP contribution in [0.1, 0.15) is 57.8 Å². The second-order valence-electron chi connectivity index (χ2n) is 7.90. The average Bonchev–Trinajstić information content (AvgIpc) is 3.21. The molecule has 0 aromatic carbocycles. The van der Waals surface area contributed by atoms with Crippen LogP contribution in [0.25, 0.3) is 0 Å². The summed E-state index contributed by atoms with van der Waals surface area (Å²) in [6.45, 7) is 3.33. The molecule has 0 spiro atoms. The third-order valence-electron chi connectivity index (χ3n) is 6.21. The molecular formula is C18H30N2O2. The van der Waals surface area contributed by atoms with Gasteiger partial charge in [-0.2, -0.15) is 0 Å². The first-order valence-electron chi connectivity index (χ1n) is 9.44. The lowest BCUT2D eigenvalue weighted by Gasteiger charge is -2.47. The molecule has 2 saturated heterocycles. The summed E-state index contributed by atoms with van der Waals surface area (Å²) in [5.74, 6) is 1.65. The van der Waals surface area contributed by atoms with Crippen molar-refractivity contribution in [3.8, 4) is 0 Å². The van der Waals surface area contributed by atoms with E-state index in [0.29, 0.717) is 30.4 Å². The van der Waals surface area contributed by atoms with Crippen molar-refractivity contribution in [1.82, 2.24) is 10.2 Å². The van der Waals surface area contributed by atoms with E-state index < -0.39 is 0 Å². The van der Waals surface area contributed by atoms with Crippen molar-refractivity contribution >= 4 is 5.91 Å². The lowest BCUT2D eigenvalue weighted by molar-refractivity contribution is -0.124. The molecule has 4 fully saturated rings. The monoisotopic (exact) mass is 306 g/mol. The molecule has 2 aliphatic carbocycles. The van der Waals surface area contributed by atoms with Crippen molar-refractivity contribution < 1.29 is 9.53 Å². The maximum atomic E-state index is 12.3. The number of hydrogen-bond acceptors (Lipinski definition) is 3. The van der Waals surface area contributed by atoms with Gasteiger partial charge in [0.1, 0.15) is 0 Å². The molecule has 4 aliphatic rings. The standard InChI is InChI=1S/C18H30N2O2/c21-17(9-8-16-5-2-10-22-16)19-18-13-3-1-4-14(18)12-20(11-13)15-6-7-15/h13-16,18H,1-12H2,(H,19,21)/t13-,14-,16+/m0/s1. The van der Waals surface area contributed by atoms with Crippen molar-refractivity contribution in [2.24, 2.45) is 11.8 Å². The van der Waals surface area contributed by atoms with Crippen LogP contribution in [0.3, 0.4) is 0 Å². The Hall–Kier alpha value is -0.610. The van der Waals surface area contributed by atoms with Gasteiger partial charge in [0.05, 0.1) is 6.10 Å². The summed E-state index contributed by atoms with van der Waals surface area (Å²) >= 11 is 0. The van der Waals surface area contributed by atoms with Crippen LogP contribution in [0.5, 0.6) is 0 Å². The maximum absolute atomic E-state index is 12.3. The molecule has 1 N–H and O–H groups in total. The molecule has 4 nitrogen and oxygen atoms in total. The normalized spacial score (nSPS) is 38.9. The highest BCUT2D eigenvalue weighted by Gasteiger charge is 2.43. The first-order valence-corrected chi connectivity index (χ1v) is 9.44. The second kappa shape index (κ2) is 6.48. The molecule has 2 bridgehead atoms. The smallest absolute Gasteiger partial charge is 0.220 e. The number of ether oxygens (including phenoxy) is 1. The Balaban J connectivity index is 1.28. The molecule has 1 amide bonds. The Labute approximate surface area is 134 Å². The van der Waals surface area contributed by atoms with E-state index in [9.17, 15) is 4.79 Å². The van der Waals surface area contributed by atoms with Crippen LogP contribution in [0.15, 0.2) is 0 Å². The predicted octanol–water partition coefficient (Wildman–Crippen LogP) is 2.32. The van der Waals surface area contributed by atoms with Gasteiger partial charge in [0.25, 0.3) is 0 Å². The van der Waals surface area contributed by atoms with Gasteiger partial charge in [0.15, 0.2) is 0 Å². The molecule has 0 aromatic rings. The van der Waals surface area contributed by atoms with Gasteiger partial charge in [-0.25, -0.2) is 0 Å². The molecular weight excluding hydrogens is 276 g/mol. The quantitative estimate of drug-likeness (QED) is 0.847. The molecule has 4 rings (SSSR count). The highest BCUT2D eigenvalue weighted by atomic mass is 16.5. The number of nitrogens with zero attached hydrogens (tertiary/aromatic N) is 1. The fourth-order valence-electron chi connectivity index (χ4n) is 4.87. The van der Waals surface area contributed by atoms with Crippen LogP contribution in [0.4, 0.5) is 0 Å². The van der Waals surface area contributed by atoms with E-state index in [2.05, 4.69) is 10.2 Å². The number of likely N-dealkylation sites (tertiary alicyclic amines) is 1. The summed E-state index contributed by atoms with van der Waals surface area (Å²) < 4.78 is 5.63. The number of rotatable bonds is 5. The van der Waals surface area contributed by atoms with Crippen LogP contribution >= 0.6 is 0 Å². The minimum atomic E-state index is 0.261. The van der Waals surface area contributed by atoms with Crippen molar-refractivity contribution in [2.75, 3.05) is 19.7 Å². The average molecular weight is 306 g/mol. The Bertz CT molecular complexity index is 390. The number of carbonyl (C=O) groups excluding carboxylic acids is 1. The van der Waals surface area contributed by atoms with Crippen molar-refractivity contribution in [1.29, 1.82) is 0 Å². The molecule has 2 aliphatic heterocycles. The molecule has 22 heavy (non-hydrogen) atoms. The fraction of sp³-hybridized carbons (Fsp3) is 0.944. The zero-order valence-corrected chi connectivity index (χ0v) is 13.6. The van der Waals surface area contributed by atoms with Crippen LogP contribution in [0, 0.1) is 11.8 Å². The maximum Gasteiger partial charge on any atom is 0.220 e. The van der Waals surface area contributed by atoms with E-state index >= 15 is 0 Å². The number of nitrogens with one attached hydrogen (secondary N) is 1. The van der Waals surface area contributed by atoms with Crippen molar-refractivity contribution in [3.63, 3.8) is 0 Å². The largest absolute Gasteiger partial charge is 0.378 e. The molecule has 4 heteroatoms. The third-order valence-corrected chi connectivity index (χ3v) is 6.21. The zero-order valence-electron chi connectivity index (χ0n) is 13.6. The van der Waals surface area contributed by atoms with Gasteiger partial charge >= 0.3 is 0 Å². The van der Waals surface area contributed by atoms with E-state index in [1.54, 1.807) is 0 Å². The van der Waals surface area contributed by atoms with Crippen LogP contribution in [-0.2, 0) is 9.53 Å². The van der Waals surface area contributed by atoms with E-state index in [0.717, 1.165) is 31.9 Å². The summed E-state index contributed by atoms with van der Waals surface area (Å²) in [6, 6.07) is 1.32. The van der Waals surface area contributed by atoms with Crippen molar-refractivity contribution in [2.45, 2.75) is 76.0 Å². The minimum absolute atomic E-state index is 0.261. The van der Waals surface area contributed by atoms with Gasteiger partial charge in [-0.1, -0.05) is 6.42 Å². The molecule has 124 valence electrons. The van der Waals surface area contributed by atoms with Gasteiger partial charge in [0.2, 0.25) is 5.91 Å². The lowest BCUT2D eigenvalue weighted by Crippen LogP contribution is -2.58. The van der Waals surface area contributed by atoms with Gasteiger partial charge in [-0.3, -0.25) is 9.69 Å². The zero-order chi connectivity index (χ0) is 14.9. The predicted molar refractivity (Wildman–Crippen MR) is 85.6 cm³/mol. The molecule has 0 unspecified atom stereocenters. The number of piperidine rings is 1. The van der Waals surface area contributed by atoms with E-state index in [1.165, 1.54) is 45.2 Å². The Morgan fingerprint density at radius 3 is 2.45 bits per heavy atom. The minimum Gasteiger partial charge on any atom is -0.378 e. The summed E-state index contributed by atoms with van der Waals surface area (Å²) in [7, 11) is 0. The molecule has 2 heterocycles. The first-order chi connectivity index (χ1) is 10.8. The van der Waals surface area contributed by atoms with Gasteiger partial charge in [-0.05, 0) is 56.8 Å². The highest BCUT2D eigenvalue weighted by molar-refractivity contribution is 5.76. The number of amides is 1. The van der Waals surface area contributed by atoms with E-state index in [-0.39, 0.29) is 5.91 Å². The highest BCUT2D eigenvalue weighted by Crippen LogP contribution is 2.39. The van der Waals surface area contributed by atoms with Crippen LogP contribution < -0.4 is 5.32 Å². The van der Waals surface area contributed by atoms with E-state index in [4.69, 9.17) is 4.74 Å². The Morgan fingerprint density at radius 2 is 1.82 bits per heavy atom. The molecule has 3 atom stereocenters. The fourth-order valence-corrected chi connectivity index (χ4v) is 4.87. The Kier molecular flexibility index (Phi) is 4.40. The summed E-state index contributed by atoms with van der Waals surface area (Å²) in [5, 5.41) is 3.40. The van der Waals surface area contributed by atoms with Gasteiger partial charge in [0, 0.05) is 38.2 Å². The van der Waals surface area contributed by atoms with Crippen LogP contribution in [-0.4, -0.2) is 48.7 Å². The molecule has 0 aromatic heterocycles. The number of carbonyl (C=O) groups is 1. The SMILES string of the molecule is O=C(CC[C@H]1CCCO1)NC1[C@H]2CCC[C@H]1CN(C1CC1)C2. The van der Waals surface area contributed by atoms with Crippen LogP contribution in [0.2, 0.25) is 0 Å². The van der Waals surface area contributed by atoms with Crippen molar-refractivity contribution in [3.05, 3.63) is 0 Å². The lowest BCUT2D eigenvalue weighted by atomic mass is 9.73. The molecule has 0 radical (unpaired) electrons. The van der Waals surface area contributed by atoms with Gasteiger partial charge < -0.3 is 10.1 Å². The second-order valence-corrected chi connectivity index (χ2v) is 7.90. The summed E-state index contributed by atoms with van der Waals surface area (Å²) in [5.41, 5.74) is 0. The molecule has 2 saturated carbocycles. The first kappa shape index (κ1) is 14.9.